The molecule has 1 aromatic rings. The summed E-state index contributed by atoms with van der Waals surface area (Å²) in [5, 5.41) is 7.33. The molecule has 0 fully saturated rings. The Bertz CT molecular complexity index is 367. The summed E-state index contributed by atoms with van der Waals surface area (Å²) in [7, 11) is 3.61. The lowest BCUT2D eigenvalue weighted by atomic mass is 10.3. The number of anilines is 1. The highest BCUT2D eigenvalue weighted by Gasteiger charge is 2.11. The molecule has 0 amide bonds. The number of nitrogens with zero attached hydrogens (tertiary/aromatic N) is 2. The van der Waals surface area contributed by atoms with Crippen LogP contribution in [-0.2, 0) is 4.74 Å². The number of nitrogens with one attached hydrogen (secondary N) is 1. The Labute approximate surface area is 95.7 Å². The number of ether oxygens (including phenoxy) is 1. The van der Waals surface area contributed by atoms with Crippen molar-refractivity contribution in [2.75, 3.05) is 25.7 Å². The molecule has 1 atom stereocenters. The van der Waals surface area contributed by atoms with Gasteiger partial charge in [-0.05, 0) is 19.1 Å². The monoisotopic (exact) mass is 222 g/mol. The smallest absolute Gasteiger partial charge is 0.141 e. The minimum atomic E-state index is -0.0188. The number of hydrogen-bond donors (Lipinski definition) is 2. The number of nitrogens with two attached hydrogens (primary N) is 1. The van der Waals surface area contributed by atoms with Crippen molar-refractivity contribution in [3.05, 3.63) is 23.9 Å². The summed E-state index contributed by atoms with van der Waals surface area (Å²) in [4.78, 5) is 6.29. The van der Waals surface area contributed by atoms with E-state index in [2.05, 4.69) is 4.98 Å². The van der Waals surface area contributed by atoms with Crippen molar-refractivity contribution in [1.29, 1.82) is 5.41 Å². The van der Waals surface area contributed by atoms with Crippen LogP contribution in [0.15, 0.2) is 18.2 Å². The van der Waals surface area contributed by atoms with Crippen LogP contribution in [0.5, 0.6) is 0 Å². The van der Waals surface area contributed by atoms with Gasteiger partial charge in [0.25, 0.3) is 0 Å². The van der Waals surface area contributed by atoms with Crippen molar-refractivity contribution in [1.82, 2.24) is 4.98 Å². The first-order valence-electron chi connectivity index (χ1n) is 5.09. The van der Waals surface area contributed by atoms with Gasteiger partial charge in [0.05, 0.1) is 12.6 Å². The van der Waals surface area contributed by atoms with Gasteiger partial charge in [-0.25, -0.2) is 4.98 Å². The molecule has 5 heteroatoms. The van der Waals surface area contributed by atoms with Crippen molar-refractivity contribution in [3.8, 4) is 0 Å². The van der Waals surface area contributed by atoms with Crippen molar-refractivity contribution in [3.63, 3.8) is 0 Å². The summed E-state index contributed by atoms with van der Waals surface area (Å²) in [5.74, 6) is 0.770. The molecule has 16 heavy (non-hydrogen) atoms. The van der Waals surface area contributed by atoms with E-state index in [1.807, 2.05) is 31.0 Å². The zero-order valence-corrected chi connectivity index (χ0v) is 9.90. The standard InChI is InChI=1S/C11H18N4O/c1-8(7-16-3)15(2)10-6-4-5-9(14-10)11(12)13/h4-6,8H,7H2,1-3H3,(H3,12,13). The number of hydrogen-bond acceptors (Lipinski definition) is 4. The molecule has 0 bridgehead atoms. The minimum Gasteiger partial charge on any atom is -0.383 e. The second-order valence-electron chi connectivity index (χ2n) is 3.71. The van der Waals surface area contributed by atoms with Gasteiger partial charge in [-0.3, -0.25) is 5.41 Å². The maximum absolute atomic E-state index is 7.33. The van der Waals surface area contributed by atoms with E-state index in [4.69, 9.17) is 15.9 Å². The minimum absolute atomic E-state index is 0.0188. The van der Waals surface area contributed by atoms with Gasteiger partial charge in [-0.15, -0.1) is 0 Å². The molecule has 0 saturated carbocycles. The number of likely N-dealkylation sites (N-methyl/N-ethyl adjacent to an activating group) is 1. The van der Waals surface area contributed by atoms with Crippen molar-refractivity contribution in [2.45, 2.75) is 13.0 Å². The lowest BCUT2D eigenvalue weighted by molar-refractivity contribution is 0.183. The van der Waals surface area contributed by atoms with Crippen LogP contribution in [-0.4, -0.2) is 37.6 Å². The van der Waals surface area contributed by atoms with Gasteiger partial charge in [0.2, 0.25) is 0 Å². The second-order valence-corrected chi connectivity index (χ2v) is 3.71. The first kappa shape index (κ1) is 12.4. The predicted octanol–water partition coefficient (Wildman–Crippen LogP) is 0.837. The zero-order chi connectivity index (χ0) is 12.1. The van der Waals surface area contributed by atoms with Gasteiger partial charge < -0.3 is 15.4 Å². The Kier molecular flexibility index (Phi) is 4.25. The Morgan fingerprint density at radius 3 is 2.88 bits per heavy atom. The summed E-state index contributed by atoms with van der Waals surface area (Å²) >= 11 is 0. The summed E-state index contributed by atoms with van der Waals surface area (Å²) in [6.45, 7) is 2.67. The van der Waals surface area contributed by atoms with E-state index in [1.165, 1.54) is 0 Å². The predicted molar refractivity (Wildman–Crippen MR) is 65.0 cm³/mol. The third-order valence-electron chi connectivity index (χ3n) is 2.44. The number of amidine groups is 1. The molecular weight excluding hydrogens is 204 g/mol. The fraction of sp³-hybridized carbons (Fsp3) is 0.455. The maximum atomic E-state index is 7.33. The van der Waals surface area contributed by atoms with Crippen LogP contribution >= 0.6 is 0 Å². The third kappa shape index (κ3) is 2.93. The van der Waals surface area contributed by atoms with E-state index in [1.54, 1.807) is 13.2 Å². The molecule has 0 saturated heterocycles. The molecule has 1 unspecified atom stereocenters. The lowest BCUT2D eigenvalue weighted by Crippen LogP contribution is -2.33. The van der Waals surface area contributed by atoms with Gasteiger partial charge in [0.1, 0.15) is 17.3 Å². The molecule has 1 aromatic heterocycles. The van der Waals surface area contributed by atoms with Crippen LogP contribution in [0.3, 0.4) is 0 Å². The van der Waals surface area contributed by atoms with Crippen molar-refractivity contribution < 1.29 is 4.74 Å². The number of nitrogen functional groups attached to an aromatic ring is 1. The molecule has 1 rings (SSSR count). The first-order valence-corrected chi connectivity index (χ1v) is 5.09. The van der Waals surface area contributed by atoms with Crippen molar-refractivity contribution in [2.24, 2.45) is 5.73 Å². The van der Waals surface area contributed by atoms with E-state index in [9.17, 15) is 0 Å². The van der Waals surface area contributed by atoms with E-state index >= 15 is 0 Å². The van der Waals surface area contributed by atoms with Crippen LogP contribution in [0.25, 0.3) is 0 Å². The van der Waals surface area contributed by atoms with E-state index in [0.717, 1.165) is 5.82 Å². The van der Waals surface area contributed by atoms with Crippen molar-refractivity contribution >= 4 is 11.7 Å². The summed E-state index contributed by atoms with van der Waals surface area (Å²) in [6.07, 6.45) is 0. The van der Waals surface area contributed by atoms with Crippen LogP contribution in [0.4, 0.5) is 5.82 Å². The quantitative estimate of drug-likeness (QED) is 0.571. The first-order chi connectivity index (χ1) is 7.56. The van der Waals surface area contributed by atoms with E-state index in [-0.39, 0.29) is 11.9 Å². The zero-order valence-electron chi connectivity index (χ0n) is 9.90. The van der Waals surface area contributed by atoms with Crippen LogP contribution in [0, 0.1) is 5.41 Å². The van der Waals surface area contributed by atoms with Gasteiger partial charge in [-0.1, -0.05) is 6.07 Å². The van der Waals surface area contributed by atoms with Gasteiger partial charge in [0.15, 0.2) is 0 Å². The Morgan fingerprint density at radius 2 is 2.31 bits per heavy atom. The van der Waals surface area contributed by atoms with Gasteiger partial charge >= 0.3 is 0 Å². The highest BCUT2D eigenvalue weighted by molar-refractivity contribution is 5.93. The fourth-order valence-electron chi connectivity index (χ4n) is 1.35. The normalized spacial score (nSPS) is 12.2. The van der Waals surface area contributed by atoms with Gasteiger partial charge in [0, 0.05) is 14.2 Å². The number of pyridine rings is 1. The fourth-order valence-corrected chi connectivity index (χ4v) is 1.35. The third-order valence-corrected chi connectivity index (χ3v) is 2.44. The Balaban J connectivity index is 2.86. The average Bonchev–Trinajstić information content (AvgIpc) is 2.28. The molecule has 0 aliphatic heterocycles. The summed E-state index contributed by atoms with van der Waals surface area (Å²) < 4.78 is 5.09. The number of rotatable bonds is 5. The van der Waals surface area contributed by atoms with Crippen LogP contribution < -0.4 is 10.6 Å². The molecule has 1 heterocycles. The highest BCUT2D eigenvalue weighted by Crippen LogP contribution is 2.12. The molecule has 0 radical (unpaired) electrons. The second kappa shape index (κ2) is 5.46. The van der Waals surface area contributed by atoms with E-state index < -0.39 is 0 Å². The summed E-state index contributed by atoms with van der Waals surface area (Å²) in [5.41, 5.74) is 5.89. The Hall–Kier alpha value is -1.62. The van der Waals surface area contributed by atoms with Gasteiger partial charge in [-0.2, -0.15) is 0 Å². The molecular formula is C11H18N4O. The average molecular weight is 222 g/mol. The highest BCUT2D eigenvalue weighted by atomic mass is 16.5. The molecule has 3 N–H and O–H groups in total. The summed E-state index contributed by atoms with van der Waals surface area (Å²) in [6, 6.07) is 5.67. The lowest BCUT2D eigenvalue weighted by Gasteiger charge is -2.25. The SMILES string of the molecule is COCC(C)N(C)c1cccc(C(=N)N)n1. The largest absolute Gasteiger partial charge is 0.383 e. The Morgan fingerprint density at radius 1 is 1.62 bits per heavy atom. The molecule has 5 nitrogen and oxygen atoms in total. The molecule has 0 spiro atoms. The van der Waals surface area contributed by atoms with Crippen LogP contribution in [0.2, 0.25) is 0 Å². The van der Waals surface area contributed by atoms with E-state index in [0.29, 0.717) is 12.3 Å². The van der Waals surface area contributed by atoms with Crippen LogP contribution in [0.1, 0.15) is 12.6 Å². The molecule has 88 valence electrons. The molecule has 0 aliphatic carbocycles. The molecule has 0 aromatic carbocycles. The number of methoxy groups -OCH3 is 1. The maximum Gasteiger partial charge on any atom is 0.141 e. The number of aromatic nitrogens is 1. The molecule has 0 aliphatic rings. The topological polar surface area (TPSA) is 75.2 Å².